The lowest BCUT2D eigenvalue weighted by molar-refractivity contribution is -0.139. The van der Waals surface area contributed by atoms with Gasteiger partial charge in [-0.25, -0.2) is 0 Å². The minimum atomic E-state index is -0.272. The van der Waals surface area contributed by atoms with Crippen molar-refractivity contribution >= 4 is 30.1 Å². The molecule has 1 atom stereocenters. The zero-order valence-electron chi connectivity index (χ0n) is 14.8. The van der Waals surface area contributed by atoms with Crippen molar-refractivity contribution < 1.29 is 14.4 Å². The summed E-state index contributed by atoms with van der Waals surface area (Å²) in [6.45, 7) is 0.583. The predicted octanol–water partition coefficient (Wildman–Crippen LogP) is 2.19. The van der Waals surface area contributed by atoms with Crippen LogP contribution in [-0.2, 0) is 16.1 Å². The molecule has 1 aliphatic rings. The molecule has 142 valence electrons. The van der Waals surface area contributed by atoms with Crippen LogP contribution >= 0.6 is 12.4 Å². The lowest BCUT2D eigenvalue weighted by Gasteiger charge is -2.15. The second-order valence-corrected chi connectivity index (χ2v) is 6.30. The number of carbonyl (C=O) groups is 3. The average molecular weight is 388 g/mol. The maximum absolute atomic E-state index is 12.3. The third-order valence-electron chi connectivity index (χ3n) is 4.42. The van der Waals surface area contributed by atoms with Crippen LogP contribution in [0.5, 0.6) is 0 Å². The lowest BCUT2D eigenvalue weighted by atomic mass is 10.1. The van der Waals surface area contributed by atoms with Crippen molar-refractivity contribution in [1.82, 2.24) is 10.2 Å². The zero-order valence-corrected chi connectivity index (χ0v) is 15.6. The molecule has 0 spiro atoms. The minimum absolute atomic E-state index is 0. The highest BCUT2D eigenvalue weighted by Crippen LogP contribution is 2.16. The molecule has 0 radical (unpaired) electrons. The number of likely N-dealkylation sites (tertiary alicyclic amines) is 1. The predicted molar refractivity (Wildman–Crippen MR) is 104 cm³/mol. The molecule has 1 unspecified atom stereocenters. The maximum Gasteiger partial charge on any atom is 0.251 e. The van der Waals surface area contributed by atoms with Crippen LogP contribution in [0.4, 0.5) is 0 Å². The van der Waals surface area contributed by atoms with Gasteiger partial charge in [-0.3, -0.25) is 19.3 Å². The van der Waals surface area contributed by atoms with Crippen molar-refractivity contribution in [1.29, 1.82) is 0 Å². The van der Waals surface area contributed by atoms with E-state index in [0.717, 1.165) is 11.1 Å². The van der Waals surface area contributed by atoms with Gasteiger partial charge >= 0.3 is 0 Å². The van der Waals surface area contributed by atoms with Gasteiger partial charge in [0.1, 0.15) is 0 Å². The fourth-order valence-corrected chi connectivity index (χ4v) is 2.87. The molecule has 2 aromatic rings. The summed E-state index contributed by atoms with van der Waals surface area (Å²) in [7, 11) is 0. The Morgan fingerprint density at radius 1 is 1.00 bits per heavy atom. The Bertz CT molecular complexity index is 793. The first kappa shape index (κ1) is 20.6. The summed E-state index contributed by atoms with van der Waals surface area (Å²) < 4.78 is 0. The van der Waals surface area contributed by atoms with E-state index in [1.54, 1.807) is 24.3 Å². The maximum atomic E-state index is 12.3. The fourth-order valence-electron chi connectivity index (χ4n) is 2.87. The number of benzene rings is 2. The number of imide groups is 1. The van der Waals surface area contributed by atoms with Gasteiger partial charge in [-0.2, -0.15) is 0 Å². The van der Waals surface area contributed by atoms with E-state index in [-0.39, 0.29) is 55.6 Å². The van der Waals surface area contributed by atoms with Crippen molar-refractivity contribution in [2.45, 2.75) is 25.4 Å². The number of nitrogens with two attached hydrogens (primary N) is 1. The molecule has 3 amide bonds. The van der Waals surface area contributed by atoms with Gasteiger partial charge in [0.15, 0.2) is 0 Å². The van der Waals surface area contributed by atoms with E-state index >= 15 is 0 Å². The second-order valence-electron chi connectivity index (χ2n) is 6.30. The first-order chi connectivity index (χ1) is 12.5. The number of amides is 3. The molecular weight excluding hydrogens is 366 g/mol. The molecule has 0 aliphatic carbocycles. The summed E-state index contributed by atoms with van der Waals surface area (Å²) in [6.07, 6.45) is 0.558. The van der Waals surface area contributed by atoms with Crippen LogP contribution in [0.25, 0.3) is 0 Å². The van der Waals surface area contributed by atoms with Gasteiger partial charge in [-0.05, 0) is 23.3 Å². The van der Waals surface area contributed by atoms with Crippen molar-refractivity contribution in [3.05, 3.63) is 71.3 Å². The van der Waals surface area contributed by atoms with E-state index in [2.05, 4.69) is 5.32 Å². The van der Waals surface area contributed by atoms with E-state index in [1.807, 2.05) is 30.3 Å². The minimum Gasteiger partial charge on any atom is -0.350 e. The summed E-state index contributed by atoms with van der Waals surface area (Å²) in [5.74, 6) is -0.505. The second kappa shape index (κ2) is 9.30. The van der Waals surface area contributed by atoms with Crippen molar-refractivity contribution in [2.24, 2.45) is 5.73 Å². The van der Waals surface area contributed by atoms with Gasteiger partial charge < -0.3 is 11.1 Å². The lowest BCUT2D eigenvalue weighted by Crippen LogP contribution is -2.32. The Morgan fingerprint density at radius 2 is 1.59 bits per heavy atom. The number of nitrogens with zero attached hydrogens (tertiary/aromatic N) is 1. The Hall–Kier alpha value is -2.70. The van der Waals surface area contributed by atoms with E-state index < -0.39 is 0 Å². The smallest absolute Gasteiger partial charge is 0.251 e. The molecule has 0 bridgehead atoms. The molecule has 3 N–H and O–H groups in total. The molecule has 2 aromatic carbocycles. The number of hydrogen-bond donors (Lipinski definition) is 2. The van der Waals surface area contributed by atoms with Crippen LogP contribution in [0.2, 0.25) is 0 Å². The van der Waals surface area contributed by atoms with E-state index in [0.29, 0.717) is 12.1 Å². The van der Waals surface area contributed by atoms with Gasteiger partial charge in [-0.1, -0.05) is 42.5 Å². The Labute approximate surface area is 164 Å². The summed E-state index contributed by atoms with van der Waals surface area (Å²) >= 11 is 0. The number of nitrogens with one attached hydrogen (secondary N) is 1. The molecule has 0 saturated carbocycles. The number of hydrogen-bond acceptors (Lipinski definition) is 4. The van der Waals surface area contributed by atoms with Crippen LogP contribution in [0.1, 0.15) is 40.4 Å². The summed E-state index contributed by atoms with van der Waals surface area (Å²) in [6, 6.07) is 16.2. The van der Waals surface area contributed by atoms with Gasteiger partial charge in [-0.15, -0.1) is 12.4 Å². The van der Waals surface area contributed by atoms with Gasteiger partial charge in [0.2, 0.25) is 11.8 Å². The fraction of sp³-hybridized carbons (Fsp3) is 0.250. The number of carbonyl (C=O) groups excluding carboxylic acids is 3. The summed E-state index contributed by atoms with van der Waals surface area (Å²) in [4.78, 5) is 36.8. The Kier molecular flexibility index (Phi) is 7.10. The molecule has 1 fully saturated rings. The molecule has 0 aromatic heterocycles. The van der Waals surface area contributed by atoms with E-state index in [4.69, 9.17) is 5.73 Å². The molecule has 7 heteroatoms. The molecular formula is C20H22ClN3O3. The molecule has 1 saturated heterocycles. The molecule has 3 rings (SSSR count). The van der Waals surface area contributed by atoms with Crippen molar-refractivity contribution in [3.63, 3.8) is 0 Å². The number of rotatable bonds is 6. The molecule has 1 heterocycles. The van der Waals surface area contributed by atoms with Crippen LogP contribution in [0, 0.1) is 0 Å². The average Bonchev–Trinajstić information content (AvgIpc) is 2.99. The van der Waals surface area contributed by atoms with Crippen molar-refractivity contribution in [2.75, 3.05) is 6.54 Å². The first-order valence-electron chi connectivity index (χ1n) is 8.55. The molecule has 6 nitrogen and oxygen atoms in total. The number of halogens is 1. The molecule has 1 aliphatic heterocycles. The zero-order chi connectivity index (χ0) is 18.5. The highest BCUT2D eigenvalue weighted by molar-refractivity contribution is 6.01. The van der Waals surface area contributed by atoms with Crippen LogP contribution < -0.4 is 11.1 Å². The third kappa shape index (κ3) is 5.15. The normalized spacial score (nSPS) is 14.6. The van der Waals surface area contributed by atoms with Crippen molar-refractivity contribution in [3.8, 4) is 0 Å². The quantitative estimate of drug-likeness (QED) is 0.743. The first-order valence-corrected chi connectivity index (χ1v) is 8.55. The largest absolute Gasteiger partial charge is 0.350 e. The standard InChI is InChI=1S/C20H21N3O3.ClH/c21-17(15-4-2-1-3-5-15)12-22-20(26)16-8-6-14(7-9-16)13-23-18(24)10-11-19(23)25;/h1-9,17H,10-13,21H2,(H,22,26);1H. The summed E-state index contributed by atoms with van der Waals surface area (Å²) in [5, 5.41) is 2.82. The van der Waals surface area contributed by atoms with Gasteiger partial charge in [0.25, 0.3) is 5.91 Å². The van der Waals surface area contributed by atoms with Gasteiger partial charge in [0, 0.05) is 31.0 Å². The Balaban J connectivity index is 0.00000261. The monoisotopic (exact) mass is 387 g/mol. The van der Waals surface area contributed by atoms with Crippen LogP contribution in [-0.4, -0.2) is 29.2 Å². The molecule has 27 heavy (non-hydrogen) atoms. The summed E-state index contributed by atoms with van der Waals surface area (Å²) in [5.41, 5.74) is 8.36. The highest BCUT2D eigenvalue weighted by Gasteiger charge is 2.28. The van der Waals surface area contributed by atoms with Gasteiger partial charge in [0.05, 0.1) is 6.54 Å². The highest BCUT2D eigenvalue weighted by atomic mass is 35.5. The topological polar surface area (TPSA) is 92.5 Å². The van der Waals surface area contributed by atoms with Crippen LogP contribution in [0.3, 0.4) is 0 Å². The van der Waals surface area contributed by atoms with E-state index in [9.17, 15) is 14.4 Å². The SMILES string of the molecule is Cl.NC(CNC(=O)c1ccc(CN2C(=O)CCC2=O)cc1)c1ccccc1. The van der Waals surface area contributed by atoms with E-state index in [1.165, 1.54) is 4.90 Å². The third-order valence-corrected chi connectivity index (χ3v) is 4.42. The van der Waals surface area contributed by atoms with Crippen LogP contribution in [0.15, 0.2) is 54.6 Å². The Morgan fingerprint density at radius 3 is 2.19 bits per heavy atom.